The Labute approximate surface area is 107 Å². The molecule has 0 amide bonds. The number of nitrogens with zero attached hydrogens (tertiary/aromatic N) is 3. The van der Waals surface area contributed by atoms with Gasteiger partial charge in [-0.15, -0.1) is 0 Å². The summed E-state index contributed by atoms with van der Waals surface area (Å²) in [5, 5.41) is 0.719. The van der Waals surface area contributed by atoms with E-state index in [0.717, 1.165) is 36.3 Å². The summed E-state index contributed by atoms with van der Waals surface area (Å²) in [6, 6.07) is 0. The van der Waals surface area contributed by atoms with E-state index in [1.54, 1.807) is 0 Å². The molecular formula is C12H20N4S. The van der Waals surface area contributed by atoms with Crippen LogP contribution in [0.25, 0.3) is 0 Å². The largest absolute Gasteiger partial charge is 0.339 e. The normalized spacial score (nSPS) is 20.6. The van der Waals surface area contributed by atoms with E-state index >= 15 is 0 Å². The zero-order valence-electron chi connectivity index (χ0n) is 10.3. The van der Waals surface area contributed by atoms with Gasteiger partial charge in [-0.2, -0.15) is 11.8 Å². The summed E-state index contributed by atoms with van der Waals surface area (Å²) in [4.78, 5) is 11.2. The highest BCUT2D eigenvalue weighted by Gasteiger charge is 2.20. The first-order chi connectivity index (χ1) is 8.33. The van der Waals surface area contributed by atoms with Crippen molar-refractivity contribution in [2.75, 3.05) is 30.3 Å². The molecule has 2 heterocycles. The Kier molecular flexibility index (Phi) is 4.62. The Morgan fingerprint density at radius 2 is 2.24 bits per heavy atom. The first-order valence-electron chi connectivity index (χ1n) is 6.21. The minimum atomic E-state index is 0.654. The fourth-order valence-corrected chi connectivity index (χ4v) is 3.14. The maximum absolute atomic E-state index is 5.51. The number of aromatic nitrogens is 2. The van der Waals surface area contributed by atoms with E-state index in [9.17, 15) is 0 Å². The van der Waals surface area contributed by atoms with Crippen LogP contribution in [0.5, 0.6) is 0 Å². The summed E-state index contributed by atoms with van der Waals surface area (Å²) < 4.78 is 0. The van der Waals surface area contributed by atoms with Crippen LogP contribution in [0.1, 0.15) is 18.9 Å². The number of rotatable bonds is 4. The molecule has 94 valence electrons. The van der Waals surface area contributed by atoms with Gasteiger partial charge in [-0.3, -0.25) is 0 Å². The smallest absolute Gasteiger partial charge is 0.225 e. The van der Waals surface area contributed by atoms with E-state index in [-0.39, 0.29) is 0 Å². The van der Waals surface area contributed by atoms with Gasteiger partial charge in [0.25, 0.3) is 0 Å². The molecule has 4 nitrogen and oxygen atoms in total. The molecular weight excluding hydrogens is 232 g/mol. The number of hydrogen-bond donors (Lipinski definition) is 1. The molecule has 1 unspecified atom stereocenters. The molecule has 0 spiro atoms. The lowest BCUT2D eigenvalue weighted by Crippen LogP contribution is -2.38. The summed E-state index contributed by atoms with van der Waals surface area (Å²) in [6.07, 6.45) is 5.87. The van der Waals surface area contributed by atoms with Gasteiger partial charge in [-0.1, -0.05) is 6.92 Å². The third-order valence-electron chi connectivity index (χ3n) is 3.00. The third-order valence-corrected chi connectivity index (χ3v) is 4.37. The van der Waals surface area contributed by atoms with Crippen LogP contribution in [-0.2, 0) is 6.42 Å². The molecule has 0 aliphatic carbocycles. The van der Waals surface area contributed by atoms with Crippen molar-refractivity contribution in [3.8, 4) is 0 Å². The maximum atomic E-state index is 5.51. The standard InChI is InChI=1S/C12H20N4S/c1-2-11-9-16(5-6-17-11)12-14-7-10(3-4-13)8-15-12/h7-8,11H,2-6,9,13H2,1H3. The van der Waals surface area contributed by atoms with Gasteiger partial charge in [-0.05, 0) is 24.9 Å². The first kappa shape index (κ1) is 12.6. The van der Waals surface area contributed by atoms with Gasteiger partial charge in [0.05, 0.1) is 0 Å². The number of hydrogen-bond acceptors (Lipinski definition) is 5. The topological polar surface area (TPSA) is 55.0 Å². The lowest BCUT2D eigenvalue weighted by Gasteiger charge is -2.31. The van der Waals surface area contributed by atoms with Crippen molar-refractivity contribution >= 4 is 17.7 Å². The van der Waals surface area contributed by atoms with E-state index in [2.05, 4.69) is 33.6 Å². The molecule has 0 saturated carbocycles. The quantitative estimate of drug-likeness (QED) is 0.875. The molecule has 1 saturated heterocycles. The molecule has 0 aromatic carbocycles. The SMILES string of the molecule is CCC1CN(c2ncc(CCN)cn2)CCS1. The van der Waals surface area contributed by atoms with Crippen molar-refractivity contribution in [2.45, 2.75) is 25.0 Å². The molecule has 17 heavy (non-hydrogen) atoms. The molecule has 2 N–H and O–H groups in total. The van der Waals surface area contributed by atoms with Gasteiger partial charge in [0, 0.05) is 36.5 Å². The van der Waals surface area contributed by atoms with Gasteiger partial charge >= 0.3 is 0 Å². The highest BCUT2D eigenvalue weighted by molar-refractivity contribution is 8.00. The van der Waals surface area contributed by atoms with Crippen LogP contribution in [0.2, 0.25) is 0 Å². The van der Waals surface area contributed by atoms with Crippen LogP contribution in [0.15, 0.2) is 12.4 Å². The Morgan fingerprint density at radius 1 is 1.47 bits per heavy atom. The molecule has 0 radical (unpaired) electrons. The van der Waals surface area contributed by atoms with Gasteiger partial charge in [-0.25, -0.2) is 9.97 Å². The summed E-state index contributed by atoms with van der Waals surface area (Å²) in [5.41, 5.74) is 6.63. The zero-order chi connectivity index (χ0) is 12.1. The van der Waals surface area contributed by atoms with Crippen molar-refractivity contribution in [1.82, 2.24) is 9.97 Å². The molecule has 0 bridgehead atoms. The summed E-state index contributed by atoms with van der Waals surface area (Å²) in [5.74, 6) is 2.04. The predicted octanol–water partition coefficient (Wildman–Crippen LogP) is 1.31. The van der Waals surface area contributed by atoms with Crippen LogP contribution in [0.3, 0.4) is 0 Å². The second-order valence-electron chi connectivity index (χ2n) is 4.28. The number of nitrogens with two attached hydrogens (primary N) is 1. The molecule has 5 heteroatoms. The maximum Gasteiger partial charge on any atom is 0.225 e. The molecule has 1 fully saturated rings. The van der Waals surface area contributed by atoms with Gasteiger partial charge < -0.3 is 10.6 Å². The van der Waals surface area contributed by atoms with E-state index in [1.165, 1.54) is 12.2 Å². The predicted molar refractivity (Wildman–Crippen MR) is 73.5 cm³/mol. The fourth-order valence-electron chi connectivity index (χ4n) is 1.95. The van der Waals surface area contributed by atoms with Crippen LogP contribution in [-0.4, -0.2) is 40.6 Å². The molecule has 1 aromatic heterocycles. The lowest BCUT2D eigenvalue weighted by atomic mass is 10.2. The van der Waals surface area contributed by atoms with Gasteiger partial charge in [0.15, 0.2) is 0 Å². The van der Waals surface area contributed by atoms with Crippen LogP contribution >= 0.6 is 11.8 Å². The fraction of sp³-hybridized carbons (Fsp3) is 0.667. The van der Waals surface area contributed by atoms with Crippen molar-refractivity contribution in [1.29, 1.82) is 0 Å². The third kappa shape index (κ3) is 3.33. The van der Waals surface area contributed by atoms with Crippen LogP contribution in [0, 0.1) is 0 Å². The molecule has 1 aromatic rings. The Morgan fingerprint density at radius 3 is 2.88 bits per heavy atom. The molecule has 1 aliphatic heterocycles. The Balaban J connectivity index is 2.01. The Hall–Kier alpha value is -0.810. The number of anilines is 1. The van der Waals surface area contributed by atoms with Crippen molar-refractivity contribution < 1.29 is 0 Å². The first-order valence-corrected chi connectivity index (χ1v) is 7.26. The van der Waals surface area contributed by atoms with Gasteiger partial charge in [0.1, 0.15) is 0 Å². The van der Waals surface area contributed by atoms with Crippen molar-refractivity contribution in [3.05, 3.63) is 18.0 Å². The summed E-state index contributed by atoms with van der Waals surface area (Å²) in [6.45, 7) is 5.02. The average molecular weight is 252 g/mol. The van der Waals surface area contributed by atoms with Crippen LogP contribution in [0.4, 0.5) is 5.95 Å². The molecule has 2 rings (SSSR count). The van der Waals surface area contributed by atoms with Crippen molar-refractivity contribution in [3.63, 3.8) is 0 Å². The van der Waals surface area contributed by atoms with Crippen LogP contribution < -0.4 is 10.6 Å². The average Bonchev–Trinajstić information content (AvgIpc) is 2.40. The summed E-state index contributed by atoms with van der Waals surface area (Å²) in [7, 11) is 0. The second-order valence-corrected chi connectivity index (χ2v) is 5.69. The monoisotopic (exact) mass is 252 g/mol. The highest BCUT2D eigenvalue weighted by Crippen LogP contribution is 2.23. The molecule has 1 aliphatic rings. The summed E-state index contributed by atoms with van der Waals surface area (Å²) >= 11 is 2.06. The van der Waals surface area contributed by atoms with E-state index in [1.807, 2.05) is 12.4 Å². The number of thioether (sulfide) groups is 1. The van der Waals surface area contributed by atoms with Crippen molar-refractivity contribution in [2.24, 2.45) is 5.73 Å². The molecule has 1 atom stereocenters. The highest BCUT2D eigenvalue weighted by atomic mass is 32.2. The zero-order valence-corrected chi connectivity index (χ0v) is 11.1. The second kappa shape index (κ2) is 6.21. The van der Waals surface area contributed by atoms with E-state index < -0.39 is 0 Å². The minimum absolute atomic E-state index is 0.654. The minimum Gasteiger partial charge on any atom is -0.339 e. The lowest BCUT2D eigenvalue weighted by molar-refractivity contribution is 0.708. The van der Waals surface area contributed by atoms with E-state index in [0.29, 0.717) is 6.54 Å². The Bertz CT molecular complexity index is 341. The van der Waals surface area contributed by atoms with Gasteiger partial charge in [0.2, 0.25) is 5.95 Å². The van der Waals surface area contributed by atoms with E-state index in [4.69, 9.17) is 5.73 Å².